The summed E-state index contributed by atoms with van der Waals surface area (Å²) in [7, 11) is 3.39. The van der Waals surface area contributed by atoms with Crippen molar-refractivity contribution < 1.29 is 14.3 Å². The minimum Gasteiger partial charge on any atom is -0.497 e. The zero-order valence-electron chi connectivity index (χ0n) is 19.2. The van der Waals surface area contributed by atoms with Crippen LogP contribution in [0.5, 0.6) is 11.5 Å². The number of nitrogens with one attached hydrogen (secondary N) is 1. The third-order valence-corrected chi connectivity index (χ3v) is 7.70. The highest BCUT2D eigenvalue weighted by Crippen LogP contribution is 2.53. The molecule has 33 heavy (non-hydrogen) atoms. The van der Waals surface area contributed by atoms with Gasteiger partial charge in [0.2, 0.25) is 0 Å². The fourth-order valence-corrected chi connectivity index (χ4v) is 5.97. The van der Waals surface area contributed by atoms with E-state index in [1.54, 1.807) is 14.2 Å². The fourth-order valence-electron chi connectivity index (χ4n) is 5.97. The number of ether oxygens (including phenoxy) is 2. The molecule has 4 fully saturated rings. The van der Waals surface area contributed by atoms with Gasteiger partial charge in [-0.15, -0.1) is 0 Å². The highest BCUT2D eigenvalue weighted by Gasteiger charge is 2.58. The van der Waals surface area contributed by atoms with Crippen LogP contribution in [0.25, 0.3) is 10.9 Å². The predicted octanol–water partition coefficient (Wildman–Crippen LogP) is 4.83. The zero-order chi connectivity index (χ0) is 22.4. The number of anilines is 1. The lowest BCUT2D eigenvalue weighted by Gasteiger charge is -2.51. The van der Waals surface area contributed by atoms with Crippen molar-refractivity contribution in [3.63, 3.8) is 0 Å². The average molecular weight is 447 g/mol. The lowest BCUT2D eigenvalue weighted by atomic mass is 9.65. The molecule has 1 atom stereocenters. The Morgan fingerprint density at radius 2 is 1.94 bits per heavy atom. The number of hydrazine groups is 2. The quantitative estimate of drug-likeness (QED) is 0.602. The third-order valence-electron chi connectivity index (χ3n) is 7.70. The van der Waals surface area contributed by atoms with Crippen molar-refractivity contribution in [2.24, 2.45) is 11.8 Å². The number of aromatic nitrogens is 1. The van der Waals surface area contributed by atoms with Gasteiger partial charge in [-0.25, -0.2) is 5.12 Å². The van der Waals surface area contributed by atoms with Gasteiger partial charge in [-0.05, 0) is 68.4 Å². The van der Waals surface area contributed by atoms with Crippen molar-refractivity contribution >= 4 is 16.6 Å². The maximum absolute atomic E-state index is 6.52. The van der Waals surface area contributed by atoms with E-state index in [-0.39, 0.29) is 5.72 Å². The summed E-state index contributed by atoms with van der Waals surface area (Å²) < 4.78 is 11.2. The second-order valence-electron chi connectivity index (χ2n) is 9.39. The molecule has 7 nitrogen and oxygen atoms in total. The van der Waals surface area contributed by atoms with Crippen LogP contribution in [0, 0.1) is 11.8 Å². The van der Waals surface area contributed by atoms with E-state index >= 15 is 0 Å². The van der Waals surface area contributed by atoms with Gasteiger partial charge in [0.1, 0.15) is 11.5 Å². The number of methoxy groups -OCH3 is 2. The van der Waals surface area contributed by atoms with Gasteiger partial charge in [-0.2, -0.15) is 5.01 Å². The van der Waals surface area contributed by atoms with Gasteiger partial charge in [-0.3, -0.25) is 9.82 Å². The highest BCUT2D eigenvalue weighted by molar-refractivity contribution is 5.82. The molecule has 0 unspecified atom stereocenters. The zero-order valence-corrected chi connectivity index (χ0v) is 19.2. The molecule has 1 N–H and O–H groups in total. The summed E-state index contributed by atoms with van der Waals surface area (Å²) in [5.41, 5.74) is 6.03. The lowest BCUT2D eigenvalue weighted by molar-refractivity contribution is -0.201. The van der Waals surface area contributed by atoms with Crippen molar-refractivity contribution in [1.82, 2.24) is 15.6 Å². The largest absolute Gasteiger partial charge is 0.497 e. The molecule has 4 aliphatic rings. The standard InChI is InChI=1S/C26H30N4O3/c1-31-23-11-7-20(25(15-23)32-2)17-29-26(16-18-5-8-21(26)9-6-18)33-28-30(29)22-10-12-24-19(14-22)4-3-13-27-24/h3-4,7,10-15,18,21,28H,5-6,8-9,16-17H2,1-2H3/t18?,21?,26-/m1/s1. The van der Waals surface area contributed by atoms with E-state index in [4.69, 9.17) is 14.3 Å². The summed E-state index contributed by atoms with van der Waals surface area (Å²) in [6, 6.07) is 16.4. The molecule has 0 radical (unpaired) electrons. The number of fused-ring (bicyclic) bond motifs is 3. The van der Waals surface area contributed by atoms with Crippen LogP contribution in [0.3, 0.4) is 0 Å². The minimum absolute atomic E-state index is 0.365. The Hall–Kier alpha value is -2.87. The molecule has 1 aliphatic heterocycles. The van der Waals surface area contributed by atoms with E-state index in [1.165, 1.54) is 25.7 Å². The van der Waals surface area contributed by atoms with Gasteiger partial charge in [0.05, 0.1) is 32.0 Å². The monoisotopic (exact) mass is 446 g/mol. The number of hydrogen-bond donors (Lipinski definition) is 1. The Balaban J connectivity index is 1.41. The van der Waals surface area contributed by atoms with Gasteiger partial charge in [0.25, 0.3) is 0 Å². The molecular formula is C26H30N4O3. The number of pyridine rings is 1. The Morgan fingerprint density at radius 1 is 1.06 bits per heavy atom. The van der Waals surface area contributed by atoms with E-state index < -0.39 is 0 Å². The second kappa shape index (κ2) is 8.17. The van der Waals surface area contributed by atoms with E-state index in [0.29, 0.717) is 18.4 Å². The first-order valence-electron chi connectivity index (χ1n) is 11.8. The van der Waals surface area contributed by atoms with Crippen molar-refractivity contribution in [2.45, 2.75) is 44.4 Å². The maximum Gasteiger partial charge on any atom is 0.166 e. The summed E-state index contributed by atoms with van der Waals surface area (Å²) in [5.74, 6) is 2.81. The molecule has 1 saturated heterocycles. The smallest absolute Gasteiger partial charge is 0.166 e. The summed E-state index contributed by atoms with van der Waals surface area (Å²) in [6.07, 6.45) is 7.88. The number of benzene rings is 2. The highest BCUT2D eigenvalue weighted by atomic mass is 16.8. The first-order chi connectivity index (χ1) is 16.2. The van der Waals surface area contributed by atoms with Crippen molar-refractivity contribution in [3.8, 4) is 11.5 Å². The predicted molar refractivity (Wildman–Crippen MR) is 126 cm³/mol. The van der Waals surface area contributed by atoms with E-state index in [9.17, 15) is 0 Å². The Bertz CT molecular complexity index is 1160. The SMILES string of the molecule is COc1ccc(CN2N(c3ccc4ncccc4c3)NO[C@@]23CC2CCC3CC2)c(OC)c1. The molecule has 2 bridgehead atoms. The summed E-state index contributed by atoms with van der Waals surface area (Å²) >= 11 is 0. The number of nitrogens with zero attached hydrogens (tertiary/aromatic N) is 3. The van der Waals surface area contributed by atoms with Crippen LogP contribution < -0.4 is 20.2 Å². The molecule has 1 spiro atoms. The maximum atomic E-state index is 6.52. The number of rotatable bonds is 5. The van der Waals surface area contributed by atoms with Crippen molar-refractivity contribution in [1.29, 1.82) is 0 Å². The molecular weight excluding hydrogens is 416 g/mol. The van der Waals surface area contributed by atoms with E-state index in [0.717, 1.165) is 40.1 Å². The van der Waals surface area contributed by atoms with Crippen LogP contribution in [-0.2, 0) is 11.4 Å². The second-order valence-corrected chi connectivity index (χ2v) is 9.39. The fraction of sp³-hybridized carbons (Fsp3) is 0.423. The molecule has 3 saturated carbocycles. The van der Waals surface area contributed by atoms with Crippen molar-refractivity contribution in [2.75, 3.05) is 19.3 Å². The van der Waals surface area contributed by atoms with Crippen LogP contribution in [0.1, 0.15) is 37.7 Å². The van der Waals surface area contributed by atoms with Gasteiger partial charge in [0.15, 0.2) is 5.72 Å². The van der Waals surface area contributed by atoms with Crippen LogP contribution >= 0.6 is 0 Å². The molecule has 2 aromatic carbocycles. The molecule has 7 rings (SSSR count). The normalized spacial score (nSPS) is 26.9. The van der Waals surface area contributed by atoms with Gasteiger partial charge in [0, 0.05) is 29.1 Å². The molecule has 1 aromatic heterocycles. The van der Waals surface area contributed by atoms with Crippen molar-refractivity contribution in [3.05, 3.63) is 60.3 Å². The first kappa shape index (κ1) is 20.7. The third kappa shape index (κ3) is 3.42. The summed E-state index contributed by atoms with van der Waals surface area (Å²) in [4.78, 5) is 11.0. The molecule has 3 aliphatic carbocycles. The van der Waals surface area contributed by atoms with Crippen LogP contribution in [0.2, 0.25) is 0 Å². The van der Waals surface area contributed by atoms with Gasteiger partial charge >= 0.3 is 0 Å². The minimum atomic E-state index is -0.365. The molecule has 7 heteroatoms. The molecule has 172 valence electrons. The topological polar surface area (TPSA) is 59.1 Å². The van der Waals surface area contributed by atoms with Crippen LogP contribution in [-0.4, -0.2) is 29.9 Å². The van der Waals surface area contributed by atoms with E-state index in [1.807, 2.05) is 24.4 Å². The Labute approximate surface area is 194 Å². The average Bonchev–Trinajstić information content (AvgIpc) is 3.21. The van der Waals surface area contributed by atoms with Crippen LogP contribution in [0.15, 0.2) is 54.7 Å². The summed E-state index contributed by atoms with van der Waals surface area (Å²) in [5, 5.41) is 5.56. The Kier molecular flexibility index (Phi) is 5.13. The first-order valence-corrected chi connectivity index (χ1v) is 11.8. The molecule has 2 heterocycles. The number of hydrogen-bond acceptors (Lipinski definition) is 7. The van der Waals surface area contributed by atoms with E-state index in [2.05, 4.69) is 51.0 Å². The van der Waals surface area contributed by atoms with Gasteiger partial charge in [-0.1, -0.05) is 17.7 Å². The van der Waals surface area contributed by atoms with Gasteiger partial charge < -0.3 is 9.47 Å². The lowest BCUT2D eigenvalue weighted by Crippen LogP contribution is -2.59. The Morgan fingerprint density at radius 3 is 2.70 bits per heavy atom. The summed E-state index contributed by atoms with van der Waals surface area (Å²) in [6.45, 7) is 0.661. The molecule has 0 amide bonds. The van der Waals surface area contributed by atoms with Crippen LogP contribution in [0.4, 0.5) is 5.69 Å². The molecule has 3 aromatic rings.